The van der Waals surface area contributed by atoms with Gasteiger partial charge in [-0.3, -0.25) is 9.89 Å². The molecule has 0 unspecified atom stereocenters. The van der Waals surface area contributed by atoms with E-state index < -0.39 is 0 Å². The predicted octanol–water partition coefficient (Wildman–Crippen LogP) is 2.53. The van der Waals surface area contributed by atoms with E-state index in [4.69, 9.17) is 0 Å². The molecule has 0 aliphatic heterocycles. The summed E-state index contributed by atoms with van der Waals surface area (Å²) in [7, 11) is 0. The van der Waals surface area contributed by atoms with E-state index >= 15 is 0 Å². The second-order valence-corrected chi connectivity index (χ2v) is 5.28. The maximum absolute atomic E-state index is 12.9. The van der Waals surface area contributed by atoms with E-state index in [1.807, 2.05) is 13.8 Å². The first kappa shape index (κ1) is 15.0. The third kappa shape index (κ3) is 3.28. The quantitative estimate of drug-likeness (QED) is 0.777. The number of hydrogen-bond acceptors (Lipinski definition) is 3. The Morgan fingerprint density at radius 3 is 2.65 bits per heavy atom. The molecule has 1 aromatic carbocycles. The predicted molar refractivity (Wildman–Crippen MR) is 83.9 cm³/mol. The van der Waals surface area contributed by atoms with Crippen LogP contribution in [0, 0.1) is 19.7 Å². The zero-order valence-corrected chi connectivity index (χ0v) is 12.8. The van der Waals surface area contributed by atoms with Gasteiger partial charge in [-0.15, -0.1) is 0 Å². The molecule has 23 heavy (non-hydrogen) atoms. The van der Waals surface area contributed by atoms with Crippen LogP contribution in [0.15, 0.2) is 36.5 Å². The minimum atomic E-state index is -0.301. The maximum atomic E-state index is 12.9. The summed E-state index contributed by atoms with van der Waals surface area (Å²) in [6, 6.07) is 7.74. The summed E-state index contributed by atoms with van der Waals surface area (Å²) < 4.78 is 14.5. The van der Waals surface area contributed by atoms with Crippen molar-refractivity contribution in [3.8, 4) is 5.69 Å². The number of carbonyl (C=O) groups excluding carboxylic acids is 1. The highest BCUT2D eigenvalue weighted by Gasteiger charge is 2.11. The van der Waals surface area contributed by atoms with Crippen molar-refractivity contribution in [3.63, 3.8) is 0 Å². The van der Waals surface area contributed by atoms with Crippen molar-refractivity contribution in [2.24, 2.45) is 0 Å². The summed E-state index contributed by atoms with van der Waals surface area (Å²) in [5, 5.41) is 13.9. The highest BCUT2D eigenvalue weighted by atomic mass is 19.1. The van der Waals surface area contributed by atoms with Gasteiger partial charge in [-0.25, -0.2) is 9.07 Å². The third-order valence-electron chi connectivity index (χ3n) is 3.59. The van der Waals surface area contributed by atoms with E-state index in [0.29, 0.717) is 11.5 Å². The number of amides is 1. The number of halogens is 1. The van der Waals surface area contributed by atoms with E-state index in [1.54, 1.807) is 29.1 Å². The fourth-order valence-corrected chi connectivity index (χ4v) is 2.14. The van der Waals surface area contributed by atoms with Crippen molar-refractivity contribution >= 4 is 11.7 Å². The van der Waals surface area contributed by atoms with Crippen molar-refractivity contribution in [1.29, 1.82) is 0 Å². The van der Waals surface area contributed by atoms with Gasteiger partial charge < -0.3 is 5.32 Å². The molecule has 0 atom stereocenters. The van der Waals surface area contributed by atoms with Crippen LogP contribution in [0.1, 0.15) is 17.0 Å². The number of rotatable bonds is 4. The van der Waals surface area contributed by atoms with Crippen LogP contribution in [-0.4, -0.2) is 25.9 Å². The Morgan fingerprint density at radius 2 is 2.00 bits per heavy atom. The zero-order valence-electron chi connectivity index (χ0n) is 12.8. The molecule has 3 aromatic rings. The fraction of sp³-hybridized carbons (Fsp3) is 0.188. The summed E-state index contributed by atoms with van der Waals surface area (Å²) in [6.07, 6.45) is 1.87. The van der Waals surface area contributed by atoms with Gasteiger partial charge in [0.25, 0.3) is 0 Å². The second kappa shape index (κ2) is 6.04. The van der Waals surface area contributed by atoms with Gasteiger partial charge in [-0.2, -0.15) is 10.2 Å². The highest BCUT2D eigenvalue weighted by Crippen LogP contribution is 2.14. The first-order chi connectivity index (χ1) is 11.0. The Morgan fingerprint density at radius 1 is 1.26 bits per heavy atom. The van der Waals surface area contributed by atoms with Crippen LogP contribution in [0.4, 0.5) is 10.2 Å². The number of hydrogen-bond donors (Lipinski definition) is 2. The number of aromatic amines is 1. The Balaban J connectivity index is 1.68. The van der Waals surface area contributed by atoms with Crippen molar-refractivity contribution in [2.45, 2.75) is 20.3 Å². The molecule has 0 saturated carbocycles. The summed E-state index contributed by atoms with van der Waals surface area (Å²) in [5.74, 6) is 0.0413. The molecule has 0 fully saturated rings. The van der Waals surface area contributed by atoms with Crippen molar-refractivity contribution < 1.29 is 9.18 Å². The van der Waals surface area contributed by atoms with Crippen LogP contribution in [0.25, 0.3) is 5.69 Å². The van der Waals surface area contributed by atoms with E-state index in [1.165, 1.54) is 12.1 Å². The number of aromatic nitrogens is 4. The molecular formula is C16H16FN5O. The lowest BCUT2D eigenvalue weighted by Gasteiger charge is -2.02. The van der Waals surface area contributed by atoms with Crippen molar-refractivity contribution in [1.82, 2.24) is 20.0 Å². The molecule has 7 heteroatoms. The highest BCUT2D eigenvalue weighted by molar-refractivity contribution is 5.91. The SMILES string of the molecule is Cc1[nH]nc(NC(=O)Cc2ccn(-c3ccc(F)cc3)n2)c1C. The summed E-state index contributed by atoms with van der Waals surface area (Å²) in [6.45, 7) is 3.78. The van der Waals surface area contributed by atoms with Gasteiger partial charge in [0.15, 0.2) is 5.82 Å². The lowest BCUT2D eigenvalue weighted by molar-refractivity contribution is -0.115. The molecule has 2 heterocycles. The normalized spacial score (nSPS) is 10.7. The number of nitrogens with zero attached hydrogens (tertiary/aromatic N) is 3. The smallest absolute Gasteiger partial charge is 0.231 e. The second-order valence-electron chi connectivity index (χ2n) is 5.28. The maximum Gasteiger partial charge on any atom is 0.231 e. The molecule has 6 nitrogen and oxygen atoms in total. The number of anilines is 1. The standard InChI is InChI=1S/C16H16FN5O/c1-10-11(2)19-20-16(10)18-15(23)9-13-7-8-22(21-13)14-5-3-12(17)4-6-14/h3-8H,9H2,1-2H3,(H2,18,19,20,23). The van der Waals surface area contributed by atoms with Crippen molar-refractivity contribution in [2.75, 3.05) is 5.32 Å². The van der Waals surface area contributed by atoms with Crippen LogP contribution < -0.4 is 5.32 Å². The minimum Gasteiger partial charge on any atom is -0.309 e. The Kier molecular flexibility index (Phi) is 3.92. The zero-order chi connectivity index (χ0) is 16.4. The first-order valence-corrected chi connectivity index (χ1v) is 7.15. The molecule has 118 valence electrons. The summed E-state index contributed by atoms with van der Waals surface area (Å²) in [5.41, 5.74) is 3.18. The van der Waals surface area contributed by atoms with E-state index in [0.717, 1.165) is 16.9 Å². The molecule has 0 aliphatic carbocycles. The Hall–Kier alpha value is -2.96. The number of H-pyrrole nitrogens is 1. The van der Waals surface area contributed by atoms with Gasteiger partial charge in [0.05, 0.1) is 17.8 Å². The van der Waals surface area contributed by atoms with Gasteiger partial charge >= 0.3 is 0 Å². The lowest BCUT2D eigenvalue weighted by atomic mass is 10.2. The molecular weight excluding hydrogens is 297 g/mol. The third-order valence-corrected chi connectivity index (χ3v) is 3.59. The van der Waals surface area contributed by atoms with Gasteiger partial charge in [0.1, 0.15) is 5.82 Å². The molecule has 0 aliphatic rings. The Labute approximate surface area is 132 Å². The number of nitrogens with one attached hydrogen (secondary N) is 2. The van der Waals surface area contributed by atoms with Crippen molar-refractivity contribution in [3.05, 3.63) is 59.3 Å². The number of aryl methyl sites for hydroxylation is 1. The van der Waals surface area contributed by atoms with Crippen LogP contribution in [0.3, 0.4) is 0 Å². The Bertz CT molecular complexity index is 835. The molecule has 1 amide bonds. The number of benzene rings is 1. The molecule has 2 aromatic heterocycles. The number of carbonyl (C=O) groups is 1. The van der Waals surface area contributed by atoms with Gasteiger partial charge in [0.2, 0.25) is 5.91 Å². The van der Waals surface area contributed by atoms with Crippen LogP contribution in [-0.2, 0) is 11.2 Å². The summed E-state index contributed by atoms with van der Waals surface area (Å²) in [4.78, 5) is 12.1. The largest absolute Gasteiger partial charge is 0.309 e. The average molecular weight is 313 g/mol. The first-order valence-electron chi connectivity index (χ1n) is 7.15. The molecule has 2 N–H and O–H groups in total. The summed E-state index contributed by atoms with van der Waals surface area (Å²) >= 11 is 0. The topological polar surface area (TPSA) is 75.6 Å². The average Bonchev–Trinajstić information content (AvgIpc) is 3.10. The minimum absolute atomic E-state index is 0.138. The van der Waals surface area contributed by atoms with Gasteiger partial charge in [-0.1, -0.05) is 0 Å². The molecule has 0 spiro atoms. The monoisotopic (exact) mass is 313 g/mol. The van der Waals surface area contributed by atoms with Crippen LogP contribution in [0.2, 0.25) is 0 Å². The fourth-order valence-electron chi connectivity index (χ4n) is 2.14. The molecule has 0 saturated heterocycles. The lowest BCUT2D eigenvalue weighted by Crippen LogP contribution is -2.15. The van der Waals surface area contributed by atoms with E-state index in [9.17, 15) is 9.18 Å². The van der Waals surface area contributed by atoms with Crippen LogP contribution in [0.5, 0.6) is 0 Å². The molecule has 3 rings (SSSR count). The molecule has 0 bridgehead atoms. The van der Waals surface area contributed by atoms with Crippen LogP contribution >= 0.6 is 0 Å². The van der Waals surface area contributed by atoms with Gasteiger partial charge in [0, 0.05) is 17.5 Å². The van der Waals surface area contributed by atoms with E-state index in [-0.39, 0.29) is 18.1 Å². The van der Waals surface area contributed by atoms with Gasteiger partial charge in [-0.05, 0) is 44.2 Å². The van der Waals surface area contributed by atoms with E-state index in [2.05, 4.69) is 20.6 Å². The molecule has 0 radical (unpaired) electrons.